The van der Waals surface area contributed by atoms with Gasteiger partial charge in [0, 0.05) is 17.4 Å². The van der Waals surface area contributed by atoms with Crippen molar-refractivity contribution < 1.29 is 14.3 Å². The van der Waals surface area contributed by atoms with Crippen LogP contribution in [0.4, 0.5) is 0 Å². The molecule has 20 heavy (non-hydrogen) atoms. The molecule has 0 N–H and O–H groups in total. The van der Waals surface area contributed by atoms with Gasteiger partial charge < -0.3 is 4.74 Å². The number of rotatable bonds is 3. The molecule has 0 aliphatic rings. The fourth-order valence-electron chi connectivity index (χ4n) is 1.80. The van der Waals surface area contributed by atoms with Crippen LogP contribution in [0.5, 0.6) is 0 Å². The first-order chi connectivity index (χ1) is 9.22. The SMILES string of the molecule is CCc1ccccc1C(=O)OC(=O)c1ccccc1.[Al]. The molecule has 4 heteroatoms. The van der Waals surface area contributed by atoms with Gasteiger partial charge in [-0.1, -0.05) is 43.3 Å². The number of ether oxygens (including phenoxy) is 1. The van der Waals surface area contributed by atoms with Gasteiger partial charge in [-0.3, -0.25) is 0 Å². The van der Waals surface area contributed by atoms with Gasteiger partial charge in [0.15, 0.2) is 0 Å². The van der Waals surface area contributed by atoms with E-state index in [9.17, 15) is 9.59 Å². The molecule has 0 bridgehead atoms. The Labute approximate surface area is 128 Å². The van der Waals surface area contributed by atoms with E-state index in [1.54, 1.807) is 42.5 Å². The highest BCUT2D eigenvalue weighted by Crippen LogP contribution is 2.12. The number of carbonyl (C=O) groups excluding carboxylic acids is 2. The lowest BCUT2D eigenvalue weighted by Crippen LogP contribution is -2.14. The summed E-state index contributed by atoms with van der Waals surface area (Å²) in [6.45, 7) is 1.95. The first-order valence-electron chi connectivity index (χ1n) is 6.12. The van der Waals surface area contributed by atoms with E-state index in [4.69, 9.17) is 4.74 Å². The van der Waals surface area contributed by atoms with Crippen LogP contribution in [0.15, 0.2) is 54.6 Å². The Hall–Kier alpha value is -1.89. The van der Waals surface area contributed by atoms with Crippen LogP contribution < -0.4 is 0 Å². The molecule has 0 fully saturated rings. The van der Waals surface area contributed by atoms with Gasteiger partial charge in [-0.15, -0.1) is 0 Å². The molecule has 0 aliphatic heterocycles. The van der Waals surface area contributed by atoms with Crippen LogP contribution >= 0.6 is 0 Å². The molecule has 2 aromatic carbocycles. The van der Waals surface area contributed by atoms with Crippen molar-refractivity contribution in [2.24, 2.45) is 0 Å². The van der Waals surface area contributed by atoms with E-state index in [0.717, 1.165) is 5.56 Å². The van der Waals surface area contributed by atoms with Crippen LogP contribution in [0.1, 0.15) is 33.2 Å². The standard InChI is InChI=1S/C16H14O3.Al/c1-2-12-8-6-7-11-14(12)16(18)19-15(17)13-9-4-3-5-10-13;/h3-11H,2H2,1H3;. The molecule has 99 valence electrons. The fraction of sp³-hybridized carbons (Fsp3) is 0.125. The van der Waals surface area contributed by atoms with Crippen molar-refractivity contribution >= 4 is 29.3 Å². The number of carbonyl (C=O) groups is 2. The van der Waals surface area contributed by atoms with E-state index in [-0.39, 0.29) is 17.4 Å². The van der Waals surface area contributed by atoms with Crippen LogP contribution in [0.3, 0.4) is 0 Å². The minimum Gasteiger partial charge on any atom is -0.386 e. The monoisotopic (exact) mass is 281 g/mol. The topological polar surface area (TPSA) is 43.4 Å². The highest BCUT2D eigenvalue weighted by Gasteiger charge is 2.16. The third-order valence-electron chi connectivity index (χ3n) is 2.81. The lowest BCUT2D eigenvalue weighted by Gasteiger charge is -2.06. The molecule has 3 radical (unpaired) electrons. The molecular formula is C16H14AlO3. The van der Waals surface area contributed by atoms with E-state index in [1.165, 1.54) is 0 Å². The average Bonchev–Trinajstić information content (AvgIpc) is 2.48. The molecule has 0 amide bonds. The highest BCUT2D eigenvalue weighted by atomic mass is 27.0. The predicted octanol–water partition coefficient (Wildman–Crippen LogP) is 2.87. The maximum Gasteiger partial charge on any atom is 0.346 e. The molecule has 0 aliphatic carbocycles. The molecular weight excluding hydrogens is 267 g/mol. The molecule has 0 spiro atoms. The summed E-state index contributed by atoms with van der Waals surface area (Å²) >= 11 is 0. The molecule has 0 heterocycles. The normalized spacial score (nSPS) is 9.45. The van der Waals surface area contributed by atoms with E-state index in [1.807, 2.05) is 19.1 Å². The Morgan fingerprint density at radius 3 is 2.15 bits per heavy atom. The lowest BCUT2D eigenvalue weighted by atomic mass is 10.1. The maximum absolute atomic E-state index is 12.0. The van der Waals surface area contributed by atoms with Crippen molar-refractivity contribution in [1.82, 2.24) is 0 Å². The molecule has 0 aromatic heterocycles. The van der Waals surface area contributed by atoms with Crippen molar-refractivity contribution in [3.05, 3.63) is 71.3 Å². The second-order valence-electron chi connectivity index (χ2n) is 4.05. The quantitative estimate of drug-likeness (QED) is 0.493. The third kappa shape index (κ3) is 3.80. The van der Waals surface area contributed by atoms with E-state index in [2.05, 4.69) is 0 Å². The number of esters is 2. The van der Waals surface area contributed by atoms with Crippen LogP contribution in [0.2, 0.25) is 0 Å². The summed E-state index contributed by atoms with van der Waals surface area (Å²) in [6, 6.07) is 15.6. The van der Waals surface area contributed by atoms with Crippen LogP contribution in [0, 0.1) is 0 Å². The van der Waals surface area contributed by atoms with Gasteiger partial charge in [0.1, 0.15) is 0 Å². The molecule has 0 unspecified atom stereocenters. The van der Waals surface area contributed by atoms with Crippen LogP contribution in [-0.2, 0) is 11.2 Å². The average molecular weight is 281 g/mol. The molecule has 2 aromatic rings. The summed E-state index contributed by atoms with van der Waals surface area (Å²) < 4.78 is 4.89. The Balaban J connectivity index is 0.00000200. The van der Waals surface area contributed by atoms with Crippen LogP contribution in [0.25, 0.3) is 0 Å². The molecule has 3 nitrogen and oxygen atoms in total. The molecule has 0 saturated heterocycles. The molecule has 2 rings (SSSR count). The zero-order valence-electron chi connectivity index (χ0n) is 11.2. The van der Waals surface area contributed by atoms with Gasteiger partial charge in [-0.05, 0) is 30.2 Å². The first kappa shape index (κ1) is 16.2. The second kappa shape index (κ2) is 7.64. The zero-order valence-corrected chi connectivity index (χ0v) is 12.4. The van der Waals surface area contributed by atoms with Crippen molar-refractivity contribution in [1.29, 1.82) is 0 Å². The third-order valence-corrected chi connectivity index (χ3v) is 2.81. The summed E-state index contributed by atoms with van der Waals surface area (Å²) in [5.41, 5.74) is 1.67. The van der Waals surface area contributed by atoms with Gasteiger partial charge in [0.05, 0.1) is 11.1 Å². The summed E-state index contributed by atoms with van der Waals surface area (Å²) in [6.07, 6.45) is 0.713. The summed E-state index contributed by atoms with van der Waals surface area (Å²) in [7, 11) is 0. The van der Waals surface area contributed by atoms with Crippen LogP contribution in [-0.4, -0.2) is 29.3 Å². The highest BCUT2D eigenvalue weighted by molar-refractivity contribution is 6.03. The van der Waals surface area contributed by atoms with Crippen molar-refractivity contribution in [3.8, 4) is 0 Å². The van der Waals surface area contributed by atoms with Gasteiger partial charge in [-0.25, -0.2) is 9.59 Å². The van der Waals surface area contributed by atoms with E-state index in [0.29, 0.717) is 17.5 Å². The van der Waals surface area contributed by atoms with E-state index < -0.39 is 11.9 Å². The van der Waals surface area contributed by atoms with Gasteiger partial charge in [0.2, 0.25) is 0 Å². The largest absolute Gasteiger partial charge is 0.386 e. The summed E-state index contributed by atoms with van der Waals surface area (Å²) in [4.78, 5) is 23.8. The maximum atomic E-state index is 12.0. The van der Waals surface area contributed by atoms with E-state index >= 15 is 0 Å². The molecule has 0 saturated carbocycles. The summed E-state index contributed by atoms with van der Waals surface area (Å²) in [5, 5.41) is 0. The van der Waals surface area contributed by atoms with Gasteiger partial charge >= 0.3 is 11.9 Å². The molecule has 0 atom stereocenters. The van der Waals surface area contributed by atoms with Gasteiger partial charge in [0.25, 0.3) is 0 Å². The summed E-state index contributed by atoms with van der Waals surface area (Å²) in [5.74, 6) is -1.23. The Morgan fingerprint density at radius 1 is 0.900 bits per heavy atom. The minimum absolute atomic E-state index is 0. The minimum atomic E-state index is -0.628. The zero-order chi connectivity index (χ0) is 13.7. The first-order valence-corrected chi connectivity index (χ1v) is 6.12. The Morgan fingerprint density at radius 2 is 1.50 bits per heavy atom. The van der Waals surface area contributed by atoms with Gasteiger partial charge in [-0.2, -0.15) is 0 Å². The number of aryl methyl sites for hydroxylation is 1. The number of hydrogen-bond acceptors (Lipinski definition) is 3. The number of hydrogen-bond donors (Lipinski definition) is 0. The smallest absolute Gasteiger partial charge is 0.346 e. The number of benzene rings is 2. The van der Waals surface area contributed by atoms with Crippen molar-refractivity contribution in [2.75, 3.05) is 0 Å². The Kier molecular flexibility index (Phi) is 6.18. The second-order valence-corrected chi connectivity index (χ2v) is 4.05. The van der Waals surface area contributed by atoms with Crippen molar-refractivity contribution in [3.63, 3.8) is 0 Å². The fourth-order valence-corrected chi connectivity index (χ4v) is 1.80. The predicted molar refractivity (Wildman–Crippen MR) is 77.8 cm³/mol. The van der Waals surface area contributed by atoms with Crippen molar-refractivity contribution in [2.45, 2.75) is 13.3 Å². The Bertz CT molecular complexity index is 594. The lowest BCUT2D eigenvalue weighted by molar-refractivity contribution is 0.0397.